The predicted octanol–water partition coefficient (Wildman–Crippen LogP) is 1.76. The SMILES string of the molecule is O=C(COc1ccc(C(=S)N2CC[NH+](Cc3ccccc3)CC2)cc1)N1CCCC1. The number of quaternary nitrogens is 1. The first kappa shape index (κ1) is 20.8. The molecule has 0 aliphatic carbocycles. The summed E-state index contributed by atoms with van der Waals surface area (Å²) in [6, 6.07) is 18.5. The minimum absolute atomic E-state index is 0.0722. The second kappa shape index (κ2) is 10.0. The topological polar surface area (TPSA) is 37.2 Å². The van der Waals surface area contributed by atoms with E-state index in [-0.39, 0.29) is 12.5 Å². The third-order valence-corrected chi connectivity index (χ3v) is 6.47. The van der Waals surface area contributed by atoms with Gasteiger partial charge in [-0.15, -0.1) is 0 Å². The molecule has 158 valence electrons. The number of likely N-dealkylation sites (tertiary alicyclic amines) is 1. The van der Waals surface area contributed by atoms with Gasteiger partial charge < -0.3 is 19.4 Å². The minimum atomic E-state index is 0.0722. The molecule has 4 rings (SSSR count). The number of amides is 1. The average molecular weight is 425 g/mol. The molecule has 30 heavy (non-hydrogen) atoms. The fraction of sp³-hybridized carbons (Fsp3) is 0.417. The lowest BCUT2D eigenvalue weighted by atomic mass is 10.1. The average Bonchev–Trinajstić information content (AvgIpc) is 3.34. The first-order valence-electron chi connectivity index (χ1n) is 10.9. The maximum atomic E-state index is 12.1. The molecule has 0 saturated carbocycles. The molecule has 2 aromatic rings. The fourth-order valence-corrected chi connectivity index (χ4v) is 4.49. The van der Waals surface area contributed by atoms with E-state index in [1.54, 1.807) is 4.90 Å². The molecule has 2 aromatic carbocycles. The first-order chi connectivity index (χ1) is 14.7. The van der Waals surface area contributed by atoms with Crippen LogP contribution in [0.15, 0.2) is 54.6 Å². The molecule has 2 heterocycles. The van der Waals surface area contributed by atoms with Crippen LogP contribution in [0.3, 0.4) is 0 Å². The third-order valence-electron chi connectivity index (χ3n) is 5.98. The summed E-state index contributed by atoms with van der Waals surface area (Å²) in [4.78, 5) is 18.8. The van der Waals surface area contributed by atoms with Gasteiger partial charge in [-0.3, -0.25) is 4.79 Å². The zero-order valence-corrected chi connectivity index (χ0v) is 18.2. The molecule has 1 N–H and O–H groups in total. The quantitative estimate of drug-likeness (QED) is 0.718. The van der Waals surface area contributed by atoms with E-state index in [1.807, 2.05) is 29.2 Å². The predicted molar refractivity (Wildman–Crippen MR) is 122 cm³/mol. The number of nitrogens with zero attached hydrogens (tertiary/aromatic N) is 2. The lowest BCUT2D eigenvalue weighted by Gasteiger charge is -2.34. The molecule has 2 aliphatic rings. The smallest absolute Gasteiger partial charge is 0.260 e. The Morgan fingerprint density at radius 2 is 1.57 bits per heavy atom. The Balaban J connectivity index is 1.24. The van der Waals surface area contributed by atoms with Gasteiger partial charge in [0.2, 0.25) is 0 Å². The molecule has 6 heteroatoms. The summed E-state index contributed by atoms with van der Waals surface area (Å²) < 4.78 is 5.68. The van der Waals surface area contributed by atoms with Gasteiger partial charge in [-0.2, -0.15) is 0 Å². The van der Waals surface area contributed by atoms with Crippen LogP contribution in [0, 0.1) is 0 Å². The van der Waals surface area contributed by atoms with Crippen molar-refractivity contribution < 1.29 is 14.4 Å². The van der Waals surface area contributed by atoms with E-state index in [1.165, 1.54) is 5.56 Å². The number of ether oxygens (including phenoxy) is 1. The van der Waals surface area contributed by atoms with Gasteiger partial charge in [-0.05, 0) is 37.1 Å². The molecule has 0 radical (unpaired) electrons. The largest absolute Gasteiger partial charge is 0.484 e. The van der Waals surface area contributed by atoms with Crippen molar-refractivity contribution in [3.63, 3.8) is 0 Å². The molecule has 2 saturated heterocycles. The molecule has 5 nitrogen and oxygen atoms in total. The number of rotatable bonds is 6. The van der Waals surface area contributed by atoms with Crippen molar-refractivity contribution in [2.24, 2.45) is 0 Å². The summed E-state index contributed by atoms with van der Waals surface area (Å²) in [7, 11) is 0. The molecule has 2 aliphatic heterocycles. The normalized spacial score (nSPS) is 17.2. The van der Waals surface area contributed by atoms with Gasteiger partial charge in [0, 0.05) is 24.2 Å². The summed E-state index contributed by atoms with van der Waals surface area (Å²) in [6.07, 6.45) is 2.19. The highest BCUT2D eigenvalue weighted by Gasteiger charge is 2.22. The number of hydrogen-bond donors (Lipinski definition) is 1. The van der Waals surface area contributed by atoms with Crippen LogP contribution in [0.25, 0.3) is 0 Å². The second-order valence-corrected chi connectivity index (χ2v) is 8.49. The van der Waals surface area contributed by atoms with Crippen molar-refractivity contribution in [3.8, 4) is 5.75 Å². The van der Waals surface area contributed by atoms with Crippen LogP contribution < -0.4 is 9.64 Å². The Hall–Kier alpha value is -2.44. The van der Waals surface area contributed by atoms with Crippen LogP contribution in [0.1, 0.15) is 24.0 Å². The molecule has 0 unspecified atom stereocenters. The number of nitrogens with one attached hydrogen (secondary N) is 1. The summed E-state index contributed by atoms with van der Waals surface area (Å²) in [5, 5.41) is 0. The van der Waals surface area contributed by atoms with E-state index in [4.69, 9.17) is 17.0 Å². The maximum absolute atomic E-state index is 12.1. The van der Waals surface area contributed by atoms with Crippen molar-refractivity contribution >= 4 is 23.1 Å². The van der Waals surface area contributed by atoms with Gasteiger partial charge >= 0.3 is 0 Å². The summed E-state index contributed by atoms with van der Waals surface area (Å²) in [6.45, 7) is 7.03. The number of thiocarbonyl (C=S) groups is 1. The highest BCUT2D eigenvalue weighted by molar-refractivity contribution is 7.80. The fourth-order valence-electron chi connectivity index (χ4n) is 4.17. The van der Waals surface area contributed by atoms with Gasteiger partial charge in [0.1, 0.15) is 17.3 Å². The molecule has 0 aromatic heterocycles. The van der Waals surface area contributed by atoms with Gasteiger partial charge in [0.15, 0.2) is 6.61 Å². The van der Waals surface area contributed by atoms with Crippen molar-refractivity contribution in [1.82, 2.24) is 9.80 Å². The highest BCUT2D eigenvalue weighted by Crippen LogP contribution is 2.15. The molecule has 0 spiro atoms. The second-order valence-electron chi connectivity index (χ2n) is 8.11. The van der Waals surface area contributed by atoms with Crippen LogP contribution in [0.5, 0.6) is 5.75 Å². The van der Waals surface area contributed by atoms with E-state index >= 15 is 0 Å². The number of carbonyl (C=O) groups excluding carboxylic acids is 1. The third kappa shape index (κ3) is 5.37. The Kier molecular flexibility index (Phi) is 6.97. The van der Waals surface area contributed by atoms with E-state index < -0.39 is 0 Å². The van der Waals surface area contributed by atoms with E-state index in [0.29, 0.717) is 5.75 Å². The van der Waals surface area contributed by atoms with Gasteiger partial charge in [-0.25, -0.2) is 0 Å². The number of piperazine rings is 1. The highest BCUT2D eigenvalue weighted by atomic mass is 32.1. The van der Waals surface area contributed by atoms with Gasteiger partial charge in [-0.1, -0.05) is 42.5 Å². The summed E-state index contributed by atoms with van der Waals surface area (Å²) in [5.41, 5.74) is 2.43. The van der Waals surface area contributed by atoms with Crippen molar-refractivity contribution in [2.75, 3.05) is 45.9 Å². The van der Waals surface area contributed by atoms with Crippen LogP contribution in [0.4, 0.5) is 0 Å². The van der Waals surface area contributed by atoms with Crippen LogP contribution >= 0.6 is 12.2 Å². The minimum Gasteiger partial charge on any atom is -0.484 e. The van der Waals surface area contributed by atoms with E-state index in [0.717, 1.165) is 69.2 Å². The molecule has 2 fully saturated rings. The zero-order chi connectivity index (χ0) is 20.8. The molecule has 0 atom stereocenters. The van der Waals surface area contributed by atoms with E-state index in [9.17, 15) is 4.79 Å². The Labute approximate surface area is 184 Å². The van der Waals surface area contributed by atoms with Crippen LogP contribution in [-0.2, 0) is 11.3 Å². The Morgan fingerprint density at radius 1 is 0.900 bits per heavy atom. The lowest BCUT2D eigenvalue weighted by Crippen LogP contribution is -3.13. The van der Waals surface area contributed by atoms with Crippen molar-refractivity contribution in [2.45, 2.75) is 19.4 Å². The standard InChI is InChI=1S/C24H29N3O2S/c28-23(26-12-4-5-13-26)19-29-22-10-8-21(9-11-22)24(30)27-16-14-25(15-17-27)18-20-6-2-1-3-7-20/h1-3,6-11H,4-5,12-19H2/p+1. The molecular formula is C24H30N3O2S+. The molecule has 1 amide bonds. The van der Waals surface area contributed by atoms with Gasteiger partial charge in [0.25, 0.3) is 5.91 Å². The Morgan fingerprint density at radius 3 is 2.23 bits per heavy atom. The monoisotopic (exact) mass is 424 g/mol. The molecule has 0 bridgehead atoms. The maximum Gasteiger partial charge on any atom is 0.260 e. The summed E-state index contributed by atoms with van der Waals surface area (Å²) in [5.74, 6) is 0.786. The lowest BCUT2D eigenvalue weighted by molar-refractivity contribution is -0.917. The van der Waals surface area contributed by atoms with Crippen molar-refractivity contribution in [3.05, 3.63) is 65.7 Å². The number of hydrogen-bond acceptors (Lipinski definition) is 3. The van der Waals surface area contributed by atoms with Crippen LogP contribution in [0.2, 0.25) is 0 Å². The van der Waals surface area contributed by atoms with E-state index in [2.05, 4.69) is 35.2 Å². The zero-order valence-electron chi connectivity index (χ0n) is 17.4. The Bertz CT molecular complexity index is 843. The van der Waals surface area contributed by atoms with Crippen molar-refractivity contribution in [1.29, 1.82) is 0 Å². The summed E-state index contributed by atoms with van der Waals surface area (Å²) >= 11 is 5.75. The number of benzene rings is 2. The first-order valence-corrected chi connectivity index (χ1v) is 11.3. The molecular weight excluding hydrogens is 394 g/mol. The van der Waals surface area contributed by atoms with Gasteiger partial charge in [0.05, 0.1) is 26.2 Å². The number of carbonyl (C=O) groups is 1. The van der Waals surface area contributed by atoms with Crippen LogP contribution in [-0.4, -0.2) is 66.6 Å².